The fraction of sp³-hybridized carbons (Fsp3) is 0.400. The van der Waals surface area contributed by atoms with Gasteiger partial charge in [0.05, 0.1) is 12.2 Å². The Kier molecular flexibility index (Phi) is 5.46. The van der Waals surface area contributed by atoms with Crippen molar-refractivity contribution in [2.75, 3.05) is 6.54 Å². The number of rotatable bonds is 6. The topological polar surface area (TPSA) is 29.9 Å². The monoisotopic (exact) mass is 311 g/mol. The summed E-state index contributed by atoms with van der Waals surface area (Å²) in [5.41, 5.74) is 2.14. The van der Waals surface area contributed by atoms with Crippen LogP contribution in [0, 0.1) is 0 Å². The van der Waals surface area contributed by atoms with Gasteiger partial charge in [-0.3, -0.25) is 4.68 Å². The molecule has 0 aliphatic carbocycles. The van der Waals surface area contributed by atoms with Gasteiger partial charge >= 0.3 is 0 Å². The summed E-state index contributed by atoms with van der Waals surface area (Å²) in [4.78, 5) is 0. The van der Waals surface area contributed by atoms with Gasteiger partial charge in [-0.05, 0) is 37.6 Å². The van der Waals surface area contributed by atoms with Gasteiger partial charge in [0.2, 0.25) is 0 Å². The molecule has 108 valence electrons. The molecule has 2 aromatic rings. The van der Waals surface area contributed by atoms with Crippen molar-refractivity contribution in [2.24, 2.45) is 0 Å². The summed E-state index contributed by atoms with van der Waals surface area (Å²) in [7, 11) is 0. The zero-order valence-corrected chi connectivity index (χ0v) is 13.2. The van der Waals surface area contributed by atoms with Crippen LogP contribution in [0.25, 0.3) is 0 Å². The van der Waals surface area contributed by atoms with Crippen molar-refractivity contribution in [1.82, 2.24) is 15.1 Å². The highest BCUT2D eigenvalue weighted by molar-refractivity contribution is 6.35. The highest BCUT2D eigenvalue weighted by atomic mass is 35.5. The normalized spacial score (nSPS) is 12.6. The van der Waals surface area contributed by atoms with Crippen molar-refractivity contribution in [3.63, 3.8) is 0 Å². The molecule has 1 unspecified atom stereocenters. The first kappa shape index (κ1) is 15.4. The van der Waals surface area contributed by atoms with Gasteiger partial charge in [-0.25, -0.2) is 0 Å². The van der Waals surface area contributed by atoms with Gasteiger partial charge in [0.1, 0.15) is 0 Å². The number of hydrogen-bond donors (Lipinski definition) is 1. The van der Waals surface area contributed by atoms with E-state index in [1.165, 1.54) is 0 Å². The summed E-state index contributed by atoms with van der Waals surface area (Å²) in [5.74, 6) is 0. The lowest BCUT2D eigenvalue weighted by atomic mass is 10.0. The van der Waals surface area contributed by atoms with E-state index in [0.717, 1.165) is 30.6 Å². The van der Waals surface area contributed by atoms with Gasteiger partial charge in [0.25, 0.3) is 0 Å². The molecule has 0 radical (unpaired) electrons. The molecule has 0 saturated carbocycles. The third-order valence-corrected chi connectivity index (χ3v) is 3.74. The molecule has 0 fully saturated rings. The fourth-order valence-corrected chi connectivity index (χ4v) is 2.65. The van der Waals surface area contributed by atoms with Crippen LogP contribution in [-0.4, -0.2) is 16.3 Å². The van der Waals surface area contributed by atoms with Crippen molar-refractivity contribution >= 4 is 23.2 Å². The van der Waals surface area contributed by atoms with E-state index < -0.39 is 0 Å². The average Bonchev–Trinajstić information content (AvgIpc) is 2.90. The Balaban J connectivity index is 2.35. The zero-order valence-electron chi connectivity index (χ0n) is 11.7. The molecule has 0 aliphatic rings. The lowest BCUT2D eigenvalue weighted by molar-refractivity contribution is 0.596. The van der Waals surface area contributed by atoms with Crippen LogP contribution < -0.4 is 5.32 Å². The van der Waals surface area contributed by atoms with E-state index in [9.17, 15) is 0 Å². The van der Waals surface area contributed by atoms with Crippen molar-refractivity contribution < 1.29 is 0 Å². The molecular formula is C15H19Cl2N3. The minimum Gasteiger partial charge on any atom is -0.306 e. The fourth-order valence-electron chi connectivity index (χ4n) is 2.13. The van der Waals surface area contributed by atoms with E-state index in [1.807, 2.05) is 23.0 Å². The predicted octanol–water partition coefficient (Wildman–Crippen LogP) is 4.30. The number of aryl methyl sites for hydroxylation is 1. The summed E-state index contributed by atoms with van der Waals surface area (Å²) < 4.78 is 1.92. The van der Waals surface area contributed by atoms with Gasteiger partial charge in [-0.15, -0.1) is 0 Å². The standard InChI is InChI=1S/C15H19Cl2N3/c1-3-7-18-15(11-9-19-20(4-2)10-11)13-6-5-12(16)8-14(13)17/h5-6,8-10,15,18H,3-4,7H2,1-2H3. The molecule has 0 saturated heterocycles. The second-order valence-electron chi connectivity index (χ2n) is 4.68. The molecule has 1 aromatic carbocycles. The van der Waals surface area contributed by atoms with E-state index in [1.54, 1.807) is 6.07 Å². The van der Waals surface area contributed by atoms with E-state index in [-0.39, 0.29) is 6.04 Å². The quantitative estimate of drug-likeness (QED) is 0.862. The van der Waals surface area contributed by atoms with Gasteiger partial charge in [0, 0.05) is 28.4 Å². The van der Waals surface area contributed by atoms with E-state index >= 15 is 0 Å². The molecule has 1 atom stereocenters. The Morgan fingerprint density at radius 2 is 2.10 bits per heavy atom. The first-order valence-corrected chi connectivity index (χ1v) is 7.62. The largest absolute Gasteiger partial charge is 0.306 e. The van der Waals surface area contributed by atoms with Crippen LogP contribution in [0.3, 0.4) is 0 Å². The van der Waals surface area contributed by atoms with Crippen LogP contribution >= 0.6 is 23.2 Å². The first-order chi connectivity index (χ1) is 9.65. The number of hydrogen-bond acceptors (Lipinski definition) is 2. The van der Waals surface area contributed by atoms with E-state index in [2.05, 4.69) is 30.5 Å². The summed E-state index contributed by atoms with van der Waals surface area (Å²) in [5, 5.41) is 9.19. The van der Waals surface area contributed by atoms with Gasteiger partial charge in [-0.1, -0.05) is 36.2 Å². The third-order valence-electron chi connectivity index (χ3n) is 3.18. The van der Waals surface area contributed by atoms with E-state index in [4.69, 9.17) is 23.2 Å². The predicted molar refractivity (Wildman–Crippen MR) is 84.5 cm³/mol. The lowest BCUT2D eigenvalue weighted by Gasteiger charge is -2.19. The molecule has 0 aliphatic heterocycles. The summed E-state index contributed by atoms with van der Waals surface area (Å²) >= 11 is 12.3. The maximum atomic E-state index is 6.34. The Morgan fingerprint density at radius 1 is 1.30 bits per heavy atom. The van der Waals surface area contributed by atoms with Crippen LogP contribution in [-0.2, 0) is 6.54 Å². The second-order valence-corrected chi connectivity index (χ2v) is 5.53. The highest BCUT2D eigenvalue weighted by Crippen LogP contribution is 2.30. The lowest BCUT2D eigenvalue weighted by Crippen LogP contribution is -2.23. The van der Waals surface area contributed by atoms with Crippen LogP contribution in [0.5, 0.6) is 0 Å². The summed E-state index contributed by atoms with van der Waals surface area (Å²) in [6, 6.07) is 5.66. The van der Waals surface area contributed by atoms with Gasteiger partial charge < -0.3 is 5.32 Å². The molecule has 20 heavy (non-hydrogen) atoms. The SMILES string of the molecule is CCCNC(c1cnn(CC)c1)c1ccc(Cl)cc1Cl. The van der Waals surface area contributed by atoms with Crippen LogP contribution in [0.15, 0.2) is 30.6 Å². The Hall–Kier alpha value is -1.03. The molecule has 2 rings (SSSR count). The highest BCUT2D eigenvalue weighted by Gasteiger charge is 2.18. The average molecular weight is 312 g/mol. The minimum absolute atomic E-state index is 0.0417. The number of benzene rings is 1. The Labute approximate surface area is 129 Å². The molecule has 1 aromatic heterocycles. The number of halogens is 2. The zero-order chi connectivity index (χ0) is 14.5. The van der Waals surface area contributed by atoms with E-state index in [0.29, 0.717) is 10.0 Å². The maximum absolute atomic E-state index is 6.34. The summed E-state index contributed by atoms with van der Waals surface area (Å²) in [6.07, 6.45) is 5.00. The van der Waals surface area contributed by atoms with Crippen molar-refractivity contribution in [2.45, 2.75) is 32.9 Å². The molecule has 1 N–H and O–H groups in total. The van der Waals surface area contributed by atoms with Crippen LogP contribution in [0.2, 0.25) is 10.0 Å². The first-order valence-electron chi connectivity index (χ1n) is 6.86. The number of nitrogens with zero attached hydrogens (tertiary/aromatic N) is 2. The van der Waals surface area contributed by atoms with Gasteiger partial charge in [0.15, 0.2) is 0 Å². The Bertz CT molecular complexity index is 566. The smallest absolute Gasteiger partial charge is 0.0622 e. The molecule has 0 amide bonds. The molecule has 1 heterocycles. The van der Waals surface area contributed by atoms with Gasteiger partial charge in [-0.2, -0.15) is 5.10 Å². The van der Waals surface area contributed by atoms with Crippen molar-refractivity contribution in [3.8, 4) is 0 Å². The molecule has 0 bridgehead atoms. The maximum Gasteiger partial charge on any atom is 0.0622 e. The van der Waals surface area contributed by atoms with Crippen molar-refractivity contribution in [3.05, 3.63) is 51.8 Å². The third kappa shape index (κ3) is 3.54. The number of aromatic nitrogens is 2. The minimum atomic E-state index is 0.0417. The second kappa shape index (κ2) is 7.11. The van der Waals surface area contributed by atoms with Crippen LogP contribution in [0.4, 0.5) is 0 Å². The molecule has 3 nitrogen and oxygen atoms in total. The number of nitrogens with one attached hydrogen (secondary N) is 1. The molecule has 0 spiro atoms. The van der Waals surface area contributed by atoms with Crippen LogP contribution in [0.1, 0.15) is 37.4 Å². The molecular weight excluding hydrogens is 293 g/mol. The molecule has 5 heteroatoms. The Morgan fingerprint density at radius 3 is 2.70 bits per heavy atom. The van der Waals surface area contributed by atoms with Crippen molar-refractivity contribution in [1.29, 1.82) is 0 Å². The summed E-state index contributed by atoms with van der Waals surface area (Å²) in [6.45, 7) is 5.99.